The summed E-state index contributed by atoms with van der Waals surface area (Å²) in [4.78, 5) is 11.0. The van der Waals surface area contributed by atoms with Crippen LogP contribution in [-0.4, -0.2) is 11.1 Å². The Labute approximate surface area is 153 Å². The van der Waals surface area contributed by atoms with Crippen molar-refractivity contribution in [1.82, 2.24) is 0 Å². The van der Waals surface area contributed by atoms with Gasteiger partial charge in [-0.1, -0.05) is 29.3 Å². The Kier molecular flexibility index (Phi) is 4.99. The molecular weight excluding hydrogens is 367 g/mol. The second-order valence-corrected chi connectivity index (χ2v) is 7.22. The second-order valence-electron chi connectivity index (χ2n) is 5.47. The Hall–Kier alpha value is -1.75. The van der Waals surface area contributed by atoms with Crippen molar-refractivity contribution in [2.75, 3.05) is 0 Å². The Morgan fingerprint density at radius 1 is 1.21 bits per heavy atom. The van der Waals surface area contributed by atoms with E-state index in [1.54, 1.807) is 12.1 Å². The summed E-state index contributed by atoms with van der Waals surface area (Å²) in [5, 5.41) is 13.1. The fourth-order valence-corrected chi connectivity index (χ4v) is 4.12. The first-order valence-electron chi connectivity index (χ1n) is 7.23. The van der Waals surface area contributed by atoms with E-state index in [0.29, 0.717) is 16.7 Å². The molecule has 1 N–H and O–H groups in total. The molecule has 3 rings (SSSR count). The number of carboxylic acids is 1. The highest BCUT2D eigenvalue weighted by atomic mass is 35.5. The van der Waals surface area contributed by atoms with Crippen molar-refractivity contribution in [1.29, 1.82) is 0 Å². The van der Waals surface area contributed by atoms with Gasteiger partial charge in [0, 0.05) is 20.3 Å². The zero-order valence-electron chi connectivity index (χ0n) is 12.8. The van der Waals surface area contributed by atoms with Crippen LogP contribution < -0.4 is 4.74 Å². The first-order valence-corrected chi connectivity index (χ1v) is 8.87. The molecule has 0 fully saturated rings. The predicted octanol–water partition coefficient (Wildman–Crippen LogP) is 5.72. The maximum atomic E-state index is 11.0. The molecule has 24 heavy (non-hydrogen) atoms. The molecule has 0 spiro atoms. The van der Waals surface area contributed by atoms with E-state index in [1.165, 1.54) is 11.3 Å². The topological polar surface area (TPSA) is 46.5 Å². The number of rotatable bonds is 5. The molecule has 3 aromatic rings. The van der Waals surface area contributed by atoms with Crippen molar-refractivity contribution in [3.63, 3.8) is 0 Å². The fraction of sp³-hybridized carbons (Fsp3) is 0.167. The quantitative estimate of drug-likeness (QED) is 0.615. The van der Waals surface area contributed by atoms with Gasteiger partial charge in [0.05, 0.1) is 6.42 Å². The molecule has 2 aromatic carbocycles. The number of aryl methyl sites for hydroxylation is 1. The first kappa shape index (κ1) is 17.1. The van der Waals surface area contributed by atoms with Gasteiger partial charge in [-0.25, -0.2) is 0 Å². The van der Waals surface area contributed by atoms with E-state index in [9.17, 15) is 4.79 Å². The van der Waals surface area contributed by atoms with Gasteiger partial charge in [-0.05, 0) is 53.1 Å². The summed E-state index contributed by atoms with van der Waals surface area (Å²) in [6.45, 7) is 2.30. The maximum absolute atomic E-state index is 11.0. The van der Waals surface area contributed by atoms with Gasteiger partial charge in [-0.2, -0.15) is 0 Å². The maximum Gasteiger partial charge on any atom is 0.307 e. The van der Waals surface area contributed by atoms with Crippen molar-refractivity contribution in [3.05, 3.63) is 62.4 Å². The molecule has 0 aliphatic rings. The van der Waals surface area contributed by atoms with Gasteiger partial charge in [-0.15, -0.1) is 11.3 Å². The van der Waals surface area contributed by atoms with Crippen LogP contribution in [0.1, 0.15) is 16.7 Å². The minimum absolute atomic E-state index is 0.0292. The van der Waals surface area contributed by atoms with E-state index < -0.39 is 5.97 Å². The highest BCUT2D eigenvalue weighted by molar-refractivity contribution is 7.17. The number of fused-ring (bicyclic) bond motifs is 1. The van der Waals surface area contributed by atoms with Gasteiger partial charge in [0.2, 0.25) is 0 Å². The van der Waals surface area contributed by atoms with E-state index >= 15 is 0 Å². The van der Waals surface area contributed by atoms with Crippen LogP contribution in [0, 0.1) is 6.92 Å². The molecule has 1 heterocycles. The van der Waals surface area contributed by atoms with Crippen molar-refractivity contribution in [3.8, 4) is 5.75 Å². The largest absolute Gasteiger partial charge is 0.489 e. The van der Waals surface area contributed by atoms with Crippen LogP contribution in [0.4, 0.5) is 0 Å². The Bertz CT molecular complexity index is 918. The highest BCUT2D eigenvalue weighted by Gasteiger charge is 2.12. The van der Waals surface area contributed by atoms with Crippen LogP contribution >= 0.6 is 34.5 Å². The molecule has 6 heteroatoms. The molecule has 3 nitrogen and oxygen atoms in total. The highest BCUT2D eigenvalue weighted by Crippen LogP contribution is 2.33. The number of ether oxygens (including phenoxy) is 1. The first-order chi connectivity index (χ1) is 11.4. The molecule has 0 unspecified atom stereocenters. The molecule has 0 saturated heterocycles. The van der Waals surface area contributed by atoms with Gasteiger partial charge in [-0.3, -0.25) is 4.79 Å². The van der Waals surface area contributed by atoms with E-state index in [0.717, 1.165) is 32.5 Å². The van der Waals surface area contributed by atoms with E-state index in [4.69, 9.17) is 33.0 Å². The average molecular weight is 381 g/mol. The van der Waals surface area contributed by atoms with E-state index in [1.807, 2.05) is 30.5 Å². The van der Waals surface area contributed by atoms with Crippen LogP contribution in [0.3, 0.4) is 0 Å². The predicted molar refractivity (Wildman–Crippen MR) is 98.7 cm³/mol. The smallest absolute Gasteiger partial charge is 0.307 e. The number of thiophene rings is 1. The third-order valence-electron chi connectivity index (χ3n) is 3.67. The number of hydrogen-bond acceptors (Lipinski definition) is 3. The standard InChI is InChI=1S/C18H14Cl2O3S/c1-10-4-14(23-8-11-2-3-13(19)6-15(11)20)7-16-18(10)12(9-24-16)5-17(21)22/h2-4,6-7,9H,5,8H2,1H3,(H,21,22). The molecule has 0 aliphatic heterocycles. The van der Waals surface area contributed by atoms with E-state index in [2.05, 4.69) is 0 Å². The lowest BCUT2D eigenvalue weighted by Gasteiger charge is -2.10. The third-order valence-corrected chi connectivity index (χ3v) is 5.24. The van der Waals surface area contributed by atoms with Crippen molar-refractivity contribution < 1.29 is 14.6 Å². The number of benzene rings is 2. The summed E-state index contributed by atoms with van der Waals surface area (Å²) in [5.41, 5.74) is 2.70. The van der Waals surface area contributed by atoms with Crippen LogP contribution in [0.15, 0.2) is 35.7 Å². The Morgan fingerprint density at radius 3 is 2.71 bits per heavy atom. The third kappa shape index (κ3) is 3.66. The average Bonchev–Trinajstić information content (AvgIpc) is 2.89. The summed E-state index contributed by atoms with van der Waals surface area (Å²) in [6, 6.07) is 9.16. The van der Waals surface area contributed by atoms with E-state index in [-0.39, 0.29) is 6.42 Å². The summed E-state index contributed by atoms with van der Waals surface area (Å²) in [7, 11) is 0. The normalized spacial score (nSPS) is 11.0. The molecule has 0 aliphatic carbocycles. The van der Waals surface area contributed by atoms with Crippen LogP contribution in [0.2, 0.25) is 10.0 Å². The monoisotopic (exact) mass is 380 g/mol. The van der Waals surface area contributed by atoms with Gasteiger partial charge in [0.1, 0.15) is 12.4 Å². The Morgan fingerprint density at radius 2 is 2.00 bits per heavy atom. The molecule has 0 radical (unpaired) electrons. The fourth-order valence-electron chi connectivity index (χ4n) is 2.60. The van der Waals surface area contributed by atoms with Gasteiger partial charge in [0.15, 0.2) is 0 Å². The summed E-state index contributed by atoms with van der Waals surface area (Å²) < 4.78 is 6.87. The van der Waals surface area contributed by atoms with Gasteiger partial charge < -0.3 is 9.84 Å². The minimum Gasteiger partial charge on any atom is -0.489 e. The summed E-state index contributed by atoms with van der Waals surface area (Å²) >= 11 is 13.6. The minimum atomic E-state index is -0.827. The summed E-state index contributed by atoms with van der Waals surface area (Å²) in [6.07, 6.45) is 0.0292. The number of carbonyl (C=O) groups is 1. The van der Waals surface area contributed by atoms with Crippen LogP contribution in [0.25, 0.3) is 10.1 Å². The van der Waals surface area contributed by atoms with Gasteiger partial charge in [0.25, 0.3) is 0 Å². The molecular formula is C18H14Cl2O3S. The Balaban J connectivity index is 1.84. The lowest BCUT2D eigenvalue weighted by molar-refractivity contribution is -0.136. The van der Waals surface area contributed by atoms with Crippen molar-refractivity contribution >= 4 is 50.6 Å². The lowest BCUT2D eigenvalue weighted by atomic mass is 10.1. The van der Waals surface area contributed by atoms with Crippen LogP contribution in [-0.2, 0) is 17.8 Å². The molecule has 1 aromatic heterocycles. The van der Waals surface area contributed by atoms with Gasteiger partial charge >= 0.3 is 5.97 Å². The SMILES string of the molecule is Cc1cc(OCc2ccc(Cl)cc2Cl)cc2scc(CC(=O)O)c12. The van der Waals surface area contributed by atoms with Crippen molar-refractivity contribution in [2.45, 2.75) is 20.0 Å². The zero-order chi connectivity index (χ0) is 17.3. The molecule has 0 bridgehead atoms. The lowest BCUT2D eigenvalue weighted by Crippen LogP contribution is -2.00. The second kappa shape index (κ2) is 7.01. The van der Waals surface area contributed by atoms with Crippen LogP contribution in [0.5, 0.6) is 5.75 Å². The molecule has 0 atom stereocenters. The van der Waals surface area contributed by atoms with Crippen molar-refractivity contribution in [2.24, 2.45) is 0 Å². The molecule has 124 valence electrons. The zero-order valence-corrected chi connectivity index (χ0v) is 15.1. The molecule has 0 amide bonds. The number of halogens is 2. The summed E-state index contributed by atoms with van der Waals surface area (Å²) in [5.74, 6) is -0.0958. The molecule has 0 saturated carbocycles. The number of aliphatic carboxylic acids is 1. The number of hydrogen-bond donors (Lipinski definition) is 1. The number of carboxylic acid groups (broad SMARTS) is 1.